The summed E-state index contributed by atoms with van der Waals surface area (Å²) in [7, 11) is 0. The third-order valence-electron chi connectivity index (χ3n) is 6.20. The molecule has 1 heterocycles. The standard InChI is InChI=1S/C26H29N3O3/c1-18-10-11-21(29-14-12-28(13-15-29)17-25(30)31)16-24(18)26(32)27-19(2)22-9-5-7-20-6-3-4-8-23(20)22/h3-11,16,19H,12-15,17H2,1-2H3,(H,27,32)(H,30,31). The fourth-order valence-electron chi connectivity index (χ4n) is 4.39. The summed E-state index contributed by atoms with van der Waals surface area (Å²) in [4.78, 5) is 28.3. The molecule has 0 aromatic heterocycles. The molecule has 1 saturated heterocycles. The highest BCUT2D eigenvalue weighted by Gasteiger charge is 2.21. The summed E-state index contributed by atoms with van der Waals surface area (Å²) in [6, 6.07) is 20.2. The van der Waals surface area contributed by atoms with Gasteiger partial charge < -0.3 is 15.3 Å². The number of fused-ring (bicyclic) bond motifs is 1. The summed E-state index contributed by atoms with van der Waals surface area (Å²) in [5, 5.41) is 14.5. The van der Waals surface area contributed by atoms with Crippen molar-refractivity contribution in [3.63, 3.8) is 0 Å². The third kappa shape index (κ3) is 4.75. The van der Waals surface area contributed by atoms with Crippen LogP contribution in [0, 0.1) is 6.92 Å². The lowest BCUT2D eigenvalue weighted by molar-refractivity contribution is -0.138. The zero-order valence-electron chi connectivity index (χ0n) is 18.5. The van der Waals surface area contributed by atoms with E-state index in [1.54, 1.807) is 0 Å². The maximum absolute atomic E-state index is 13.2. The van der Waals surface area contributed by atoms with E-state index in [2.05, 4.69) is 34.5 Å². The van der Waals surface area contributed by atoms with Gasteiger partial charge in [-0.25, -0.2) is 0 Å². The topological polar surface area (TPSA) is 72.9 Å². The molecule has 0 aliphatic carbocycles. The number of anilines is 1. The Morgan fingerprint density at radius 1 is 1.00 bits per heavy atom. The van der Waals surface area contributed by atoms with E-state index >= 15 is 0 Å². The SMILES string of the molecule is Cc1ccc(N2CCN(CC(=O)O)CC2)cc1C(=O)NC(C)c1cccc2ccccc12. The number of aryl methyl sites for hydroxylation is 1. The number of piperazine rings is 1. The lowest BCUT2D eigenvalue weighted by Gasteiger charge is -2.35. The normalized spacial score (nSPS) is 15.5. The lowest BCUT2D eigenvalue weighted by Crippen LogP contribution is -2.48. The zero-order chi connectivity index (χ0) is 22.7. The second kappa shape index (κ2) is 9.40. The van der Waals surface area contributed by atoms with Crippen molar-refractivity contribution in [3.8, 4) is 0 Å². The largest absolute Gasteiger partial charge is 0.480 e. The van der Waals surface area contributed by atoms with Crippen LogP contribution < -0.4 is 10.2 Å². The smallest absolute Gasteiger partial charge is 0.317 e. The minimum absolute atomic E-state index is 0.0709. The quantitative estimate of drug-likeness (QED) is 0.620. The molecule has 4 rings (SSSR count). The number of amides is 1. The number of carboxylic acid groups (broad SMARTS) is 1. The number of carbonyl (C=O) groups excluding carboxylic acids is 1. The Morgan fingerprint density at radius 2 is 1.72 bits per heavy atom. The Bertz CT molecular complexity index is 1130. The van der Waals surface area contributed by atoms with Crippen LogP contribution in [0.1, 0.15) is 34.5 Å². The highest BCUT2D eigenvalue weighted by molar-refractivity contribution is 5.97. The van der Waals surface area contributed by atoms with Crippen molar-refractivity contribution in [2.45, 2.75) is 19.9 Å². The first-order valence-electron chi connectivity index (χ1n) is 11.0. The molecule has 3 aromatic carbocycles. The van der Waals surface area contributed by atoms with E-state index in [1.807, 2.05) is 55.1 Å². The number of nitrogens with one attached hydrogen (secondary N) is 1. The average Bonchev–Trinajstić information content (AvgIpc) is 2.79. The molecule has 1 atom stereocenters. The second-order valence-electron chi connectivity index (χ2n) is 8.42. The highest BCUT2D eigenvalue weighted by Crippen LogP contribution is 2.26. The molecule has 6 heteroatoms. The molecule has 1 unspecified atom stereocenters. The number of hydrogen-bond donors (Lipinski definition) is 2. The Kier molecular flexibility index (Phi) is 6.42. The molecule has 2 N–H and O–H groups in total. The van der Waals surface area contributed by atoms with Crippen LogP contribution in [-0.2, 0) is 4.79 Å². The van der Waals surface area contributed by atoms with Gasteiger partial charge in [-0.2, -0.15) is 0 Å². The van der Waals surface area contributed by atoms with Gasteiger partial charge in [0, 0.05) is 37.4 Å². The van der Waals surface area contributed by atoms with E-state index < -0.39 is 5.97 Å². The number of rotatable bonds is 6. The fourth-order valence-corrected chi connectivity index (χ4v) is 4.39. The predicted octanol–water partition coefficient (Wildman–Crippen LogP) is 3.85. The molecule has 0 bridgehead atoms. The predicted molar refractivity (Wildman–Crippen MR) is 127 cm³/mol. The molecule has 6 nitrogen and oxygen atoms in total. The van der Waals surface area contributed by atoms with Crippen LogP contribution in [0.4, 0.5) is 5.69 Å². The average molecular weight is 432 g/mol. The Morgan fingerprint density at radius 3 is 2.47 bits per heavy atom. The summed E-state index contributed by atoms with van der Waals surface area (Å²) in [6.45, 7) is 6.90. The van der Waals surface area contributed by atoms with Gasteiger partial charge in [-0.1, -0.05) is 48.5 Å². The Labute approximate surface area is 188 Å². The molecule has 3 aromatic rings. The molecule has 1 fully saturated rings. The van der Waals surface area contributed by atoms with Crippen molar-refractivity contribution in [2.24, 2.45) is 0 Å². The van der Waals surface area contributed by atoms with Crippen LogP contribution in [-0.4, -0.2) is 54.6 Å². The first kappa shape index (κ1) is 21.8. The molecular formula is C26H29N3O3. The van der Waals surface area contributed by atoms with Gasteiger partial charge in [0.05, 0.1) is 12.6 Å². The van der Waals surface area contributed by atoms with Crippen molar-refractivity contribution in [3.05, 3.63) is 77.4 Å². The number of nitrogens with zero attached hydrogens (tertiary/aromatic N) is 2. The van der Waals surface area contributed by atoms with E-state index in [1.165, 1.54) is 0 Å². The van der Waals surface area contributed by atoms with Crippen LogP contribution in [0.3, 0.4) is 0 Å². The first-order chi connectivity index (χ1) is 15.4. The lowest BCUT2D eigenvalue weighted by atomic mass is 9.99. The van der Waals surface area contributed by atoms with Gasteiger partial charge in [-0.05, 0) is 47.9 Å². The molecule has 1 aliphatic heterocycles. The number of benzene rings is 3. The summed E-state index contributed by atoms with van der Waals surface area (Å²) >= 11 is 0. The molecule has 32 heavy (non-hydrogen) atoms. The maximum atomic E-state index is 13.2. The van der Waals surface area contributed by atoms with Crippen LogP contribution in [0.25, 0.3) is 10.8 Å². The van der Waals surface area contributed by atoms with Gasteiger partial charge in [-0.3, -0.25) is 14.5 Å². The van der Waals surface area contributed by atoms with Gasteiger partial charge in [0.15, 0.2) is 0 Å². The first-order valence-corrected chi connectivity index (χ1v) is 11.0. The zero-order valence-corrected chi connectivity index (χ0v) is 18.5. The van der Waals surface area contributed by atoms with Gasteiger partial charge in [0.2, 0.25) is 0 Å². The second-order valence-corrected chi connectivity index (χ2v) is 8.42. The monoisotopic (exact) mass is 431 g/mol. The van der Waals surface area contributed by atoms with Crippen molar-refractivity contribution >= 4 is 28.3 Å². The van der Waals surface area contributed by atoms with Crippen molar-refractivity contribution in [2.75, 3.05) is 37.6 Å². The van der Waals surface area contributed by atoms with Crippen LogP contribution >= 0.6 is 0 Å². The molecular weight excluding hydrogens is 402 g/mol. The van der Waals surface area contributed by atoms with Gasteiger partial charge >= 0.3 is 5.97 Å². The van der Waals surface area contributed by atoms with Crippen molar-refractivity contribution < 1.29 is 14.7 Å². The molecule has 1 aliphatic rings. The molecule has 166 valence electrons. The Balaban J connectivity index is 1.49. The molecule has 0 radical (unpaired) electrons. The van der Waals surface area contributed by atoms with Crippen molar-refractivity contribution in [1.82, 2.24) is 10.2 Å². The molecule has 0 spiro atoms. The number of aliphatic carboxylic acids is 1. The van der Waals surface area contributed by atoms with Crippen molar-refractivity contribution in [1.29, 1.82) is 0 Å². The van der Waals surface area contributed by atoms with E-state index in [4.69, 9.17) is 5.11 Å². The van der Waals surface area contributed by atoms with Crippen LogP contribution in [0.5, 0.6) is 0 Å². The fraction of sp³-hybridized carbons (Fsp3) is 0.308. The summed E-state index contributed by atoms with van der Waals surface area (Å²) < 4.78 is 0. The summed E-state index contributed by atoms with van der Waals surface area (Å²) in [6.07, 6.45) is 0. The Hall–Kier alpha value is -3.38. The number of carbonyl (C=O) groups is 2. The number of carboxylic acids is 1. The number of hydrogen-bond acceptors (Lipinski definition) is 4. The van der Waals surface area contributed by atoms with Gasteiger partial charge in [0.1, 0.15) is 0 Å². The highest BCUT2D eigenvalue weighted by atomic mass is 16.4. The molecule has 0 saturated carbocycles. The van der Waals surface area contributed by atoms with E-state index in [-0.39, 0.29) is 18.5 Å². The van der Waals surface area contributed by atoms with Crippen LogP contribution in [0.15, 0.2) is 60.7 Å². The van der Waals surface area contributed by atoms with Gasteiger partial charge in [-0.15, -0.1) is 0 Å². The van der Waals surface area contributed by atoms with Crippen LogP contribution in [0.2, 0.25) is 0 Å². The minimum Gasteiger partial charge on any atom is -0.480 e. The van der Waals surface area contributed by atoms with Gasteiger partial charge in [0.25, 0.3) is 5.91 Å². The summed E-state index contributed by atoms with van der Waals surface area (Å²) in [5.74, 6) is -0.887. The third-order valence-corrected chi connectivity index (χ3v) is 6.20. The van der Waals surface area contributed by atoms with E-state index in [0.29, 0.717) is 18.7 Å². The molecule has 1 amide bonds. The van der Waals surface area contributed by atoms with E-state index in [0.717, 1.165) is 40.7 Å². The maximum Gasteiger partial charge on any atom is 0.317 e. The van der Waals surface area contributed by atoms with E-state index in [9.17, 15) is 9.59 Å². The minimum atomic E-state index is -0.798. The summed E-state index contributed by atoms with van der Waals surface area (Å²) in [5.41, 5.74) is 3.69.